The highest BCUT2D eigenvalue weighted by molar-refractivity contribution is 7.99. The predicted molar refractivity (Wildman–Crippen MR) is 121 cm³/mol. The lowest BCUT2D eigenvalue weighted by Gasteiger charge is -2.26. The summed E-state index contributed by atoms with van der Waals surface area (Å²) in [7, 11) is 1.76. The summed E-state index contributed by atoms with van der Waals surface area (Å²) in [6.07, 6.45) is 3.63. The van der Waals surface area contributed by atoms with Crippen molar-refractivity contribution in [3.8, 4) is 5.69 Å². The summed E-state index contributed by atoms with van der Waals surface area (Å²) in [5.41, 5.74) is 0.790. The molecule has 3 heterocycles. The Balaban J connectivity index is 1.48. The standard InChI is InChI=1S/C23H28FN5O2S/c1-17-6-11-20(31-17)14-27(2)22(30)16-32-23-26-25-21(15-28-12-4-3-5-13-28)29(23)19-9-7-18(24)8-10-19/h6-11H,3-5,12-16H2,1-2H3. The van der Waals surface area contributed by atoms with E-state index in [-0.39, 0.29) is 17.5 Å². The summed E-state index contributed by atoms with van der Waals surface area (Å²) < 4.78 is 21.0. The molecule has 0 radical (unpaired) electrons. The summed E-state index contributed by atoms with van der Waals surface area (Å²) in [5, 5.41) is 9.41. The lowest BCUT2D eigenvalue weighted by molar-refractivity contribution is -0.127. The monoisotopic (exact) mass is 457 g/mol. The molecule has 4 rings (SSSR count). The number of amides is 1. The van der Waals surface area contributed by atoms with E-state index in [0.29, 0.717) is 18.2 Å². The van der Waals surface area contributed by atoms with E-state index in [2.05, 4.69) is 15.1 Å². The molecular formula is C23H28FN5O2S. The van der Waals surface area contributed by atoms with Gasteiger partial charge in [0.1, 0.15) is 17.3 Å². The van der Waals surface area contributed by atoms with Gasteiger partial charge in [0.05, 0.1) is 18.8 Å². The minimum atomic E-state index is -0.293. The molecule has 1 aliphatic heterocycles. The molecule has 0 spiro atoms. The molecule has 2 aromatic heterocycles. The van der Waals surface area contributed by atoms with Crippen LogP contribution in [0.25, 0.3) is 5.69 Å². The third kappa shape index (κ3) is 5.58. The summed E-state index contributed by atoms with van der Waals surface area (Å²) >= 11 is 1.34. The van der Waals surface area contributed by atoms with Crippen LogP contribution in [0, 0.1) is 12.7 Å². The third-order valence-corrected chi connectivity index (χ3v) is 6.45. The van der Waals surface area contributed by atoms with Gasteiger partial charge >= 0.3 is 0 Å². The zero-order valence-corrected chi connectivity index (χ0v) is 19.3. The number of furan rings is 1. The molecule has 32 heavy (non-hydrogen) atoms. The lowest BCUT2D eigenvalue weighted by atomic mass is 10.1. The number of likely N-dealkylation sites (tertiary alicyclic amines) is 1. The SMILES string of the molecule is Cc1ccc(CN(C)C(=O)CSc2nnc(CN3CCCCC3)n2-c2ccc(F)cc2)o1. The fourth-order valence-corrected chi connectivity index (χ4v) is 4.70. The Labute approximate surface area is 191 Å². The Bertz CT molecular complexity index is 1040. The van der Waals surface area contributed by atoms with Gasteiger partial charge in [-0.15, -0.1) is 10.2 Å². The first-order chi connectivity index (χ1) is 15.5. The first-order valence-electron chi connectivity index (χ1n) is 10.8. The second-order valence-electron chi connectivity index (χ2n) is 8.10. The van der Waals surface area contributed by atoms with Gasteiger partial charge in [0.25, 0.3) is 0 Å². The van der Waals surface area contributed by atoms with E-state index in [9.17, 15) is 9.18 Å². The molecule has 3 aromatic rings. The summed E-state index contributed by atoms with van der Waals surface area (Å²) in [6.45, 7) is 5.04. The van der Waals surface area contributed by atoms with Crippen LogP contribution in [0.1, 0.15) is 36.6 Å². The maximum absolute atomic E-state index is 13.5. The number of halogens is 1. The topological polar surface area (TPSA) is 67.4 Å². The molecule has 7 nitrogen and oxygen atoms in total. The van der Waals surface area contributed by atoms with Crippen molar-refractivity contribution in [2.45, 2.75) is 44.4 Å². The van der Waals surface area contributed by atoms with E-state index in [4.69, 9.17) is 4.42 Å². The Morgan fingerprint density at radius 1 is 1.12 bits per heavy atom. The first kappa shape index (κ1) is 22.5. The molecule has 1 saturated heterocycles. The molecule has 0 bridgehead atoms. The van der Waals surface area contributed by atoms with Crippen molar-refractivity contribution in [2.75, 3.05) is 25.9 Å². The van der Waals surface area contributed by atoms with Gasteiger partial charge in [0.15, 0.2) is 11.0 Å². The molecule has 1 aromatic carbocycles. The number of thioether (sulfide) groups is 1. The largest absolute Gasteiger partial charge is 0.464 e. The Kier molecular flexibility index (Phi) is 7.26. The van der Waals surface area contributed by atoms with Gasteiger partial charge in [-0.3, -0.25) is 14.3 Å². The third-order valence-electron chi connectivity index (χ3n) is 5.54. The van der Waals surface area contributed by atoms with Crippen LogP contribution < -0.4 is 0 Å². The van der Waals surface area contributed by atoms with Crippen molar-refractivity contribution in [3.05, 3.63) is 59.6 Å². The minimum Gasteiger partial charge on any atom is -0.464 e. The van der Waals surface area contributed by atoms with Gasteiger partial charge in [-0.2, -0.15) is 0 Å². The van der Waals surface area contributed by atoms with Crippen LogP contribution in [0.5, 0.6) is 0 Å². The fourth-order valence-electron chi connectivity index (χ4n) is 3.79. The first-order valence-corrected chi connectivity index (χ1v) is 11.8. The van der Waals surface area contributed by atoms with Crippen molar-refractivity contribution in [3.63, 3.8) is 0 Å². The molecule has 0 saturated carbocycles. The van der Waals surface area contributed by atoms with Crippen molar-refractivity contribution in [1.82, 2.24) is 24.6 Å². The molecular weight excluding hydrogens is 429 g/mol. The zero-order chi connectivity index (χ0) is 22.5. The van der Waals surface area contributed by atoms with Gasteiger partial charge in [-0.25, -0.2) is 4.39 Å². The summed E-state index contributed by atoms with van der Waals surface area (Å²) in [5.74, 6) is 2.27. The van der Waals surface area contributed by atoms with Gasteiger partial charge in [0, 0.05) is 12.7 Å². The number of hydrogen-bond acceptors (Lipinski definition) is 6. The second kappa shape index (κ2) is 10.3. The number of aromatic nitrogens is 3. The second-order valence-corrected chi connectivity index (χ2v) is 9.04. The highest BCUT2D eigenvalue weighted by atomic mass is 32.2. The minimum absolute atomic E-state index is 0.0321. The quantitative estimate of drug-likeness (QED) is 0.476. The van der Waals surface area contributed by atoms with Crippen LogP contribution in [0.15, 0.2) is 46.0 Å². The van der Waals surface area contributed by atoms with Crippen molar-refractivity contribution >= 4 is 17.7 Å². The van der Waals surface area contributed by atoms with E-state index in [1.807, 2.05) is 23.6 Å². The van der Waals surface area contributed by atoms with Gasteiger partial charge in [-0.1, -0.05) is 18.2 Å². The molecule has 1 fully saturated rings. The van der Waals surface area contributed by atoms with Crippen LogP contribution in [0.2, 0.25) is 0 Å². The highest BCUT2D eigenvalue weighted by Gasteiger charge is 2.20. The van der Waals surface area contributed by atoms with Crippen molar-refractivity contribution in [1.29, 1.82) is 0 Å². The number of aryl methyl sites for hydroxylation is 1. The van der Waals surface area contributed by atoms with Crippen LogP contribution in [-0.2, 0) is 17.9 Å². The predicted octanol–water partition coefficient (Wildman–Crippen LogP) is 4.04. The van der Waals surface area contributed by atoms with Crippen LogP contribution in [0.3, 0.4) is 0 Å². The zero-order valence-electron chi connectivity index (χ0n) is 18.5. The number of nitrogens with zero attached hydrogens (tertiary/aromatic N) is 5. The number of piperidine rings is 1. The maximum Gasteiger partial charge on any atom is 0.233 e. The van der Waals surface area contributed by atoms with Gasteiger partial charge in [0.2, 0.25) is 5.91 Å². The van der Waals surface area contributed by atoms with E-state index in [0.717, 1.165) is 36.1 Å². The summed E-state index contributed by atoms with van der Waals surface area (Å²) in [4.78, 5) is 16.7. The highest BCUT2D eigenvalue weighted by Crippen LogP contribution is 2.24. The molecule has 170 valence electrons. The average Bonchev–Trinajstić information content (AvgIpc) is 3.39. The van der Waals surface area contributed by atoms with E-state index < -0.39 is 0 Å². The Morgan fingerprint density at radius 2 is 1.88 bits per heavy atom. The Morgan fingerprint density at radius 3 is 2.56 bits per heavy atom. The van der Waals surface area contributed by atoms with Crippen molar-refractivity contribution < 1.29 is 13.6 Å². The maximum atomic E-state index is 13.5. The number of carbonyl (C=O) groups is 1. The van der Waals surface area contributed by atoms with Crippen LogP contribution in [0.4, 0.5) is 4.39 Å². The number of hydrogen-bond donors (Lipinski definition) is 0. The van der Waals surface area contributed by atoms with Gasteiger partial charge < -0.3 is 9.32 Å². The lowest BCUT2D eigenvalue weighted by Crippen LogP contribution is -2.30. The molecule has 0 N–H and O–H groups in total. The molecule has 1 aliphatic rings. The summed E-state index contributed by atoms with van der Waals surface area (Å²) in [6, 6.07) is 10.1. The normalized spacial score (nSPS) is 14.6. The van der Waals surface area contributed by atoms with Crippen molar-refractivity contribution in [2.24, 2.45) is 0 Å². The molecule has 0 aliphatic carbocycles. The number of carbonyl (C=O) groups excluding carboxylic acids is 1. The molecule has 0 unspecified atom stereocenters. The molecule has 1 amide bonds. The number of benzene rings is 1. The van der Waals surface area contributed by atoms with Gasteiger partial charge in [-0.05, 0) is 69.3 Å². The molecule has 9 heteroatoms. The van der Waals surface area contributed by atoms with E-state index in [1.54, 1.807) is 24.1 Å². The van der Waals surface area contributed by atoms with Crippen LogP contribution in [-0.4, -0.2) is 56.4 Å². The Hall–Kier alpha value is -2.65. The van der Waals surface area contributed by atoms with E-state index in [1.165, 1.54) is 43.2 Å². The number of rotatable bonds is 8. The smallest absolute Gasteiger partial charge is 0.233 e. The molecule has 0 atom stereocenters. The fraction of sp³-hybridized carbons (Fsp3) is 0.435. The van der Waals surface area contributed by atoms with Crippen LogP contribution >= 0.6 is 11.8 Å². The van der Waals surface area contributed by atoms with E-state index >= 15 is 0 Å². The average molecular weight is 458 g/mol.